The van der Waals surface area contributed by atoms with Gasteiger partial charge in [-0.2, -0.15) is 0 Å². The first-order chi connectivity index (χ1) is 8.19. The molecule has 1 aromatic heterocycles. The highest BCUT2D eigenvalue weighted by atomic mass is 32.1. The second-order valence-corrected chi connectivity index (χ2v) is 5.25. The van der Waals surface area contributed by atoms with Crippen LogP contribution in [0.25, 0.3) is 0 Å². The van der Waals surface area contributed by atoms with Gasteiger partial charge in [0.05, 0.1) is 6.61 Å². The van der Waals surface area contributed by atoms with E-state index in [1.807, 2.05) is 6.20 Å². The van der Waals surface area contributed by atoms with E-state index in [-0.39, 0.29) is 0 Å². The van der Waals surface area contributed by atoms with Crippen LogP contribution in [0.2, 0.25) is 0 Å². The van der Waals surface area contributed by atoms with Crippen LogP contribution in [0.3, 0.4) is 0 Å². The van der Waals surface area contributed by atoms with E-state index in [0.29, 0.717) is 6.04 Å². The molecule has 0 aromatic carbocycles. The van der Waals surface area contributed by atoms with Gasteiger partial charge >= 0.3 is 0 Å². The molecule has 0 spiro atoms. The molecule has 4 nitrogen and oxygen atoms in total. The van der Waals surface area contributed by atoms with Gasteiger partial charge in [0.15, 0.2) is 5.13 Å². The Kier molecular flexibility index (Phi) is 6.47. The van der Waals surface area contributed by atoms with E-state index < -0.39 is 0 Å². The van der Waals surface area contributed by atoms with E-state index in [0.717, 1.165) is 31.4 Å². The molecular formula is C12H23N3OS. The Labute approximate surface area is 108 Å². The molecule has 5 heteroatoms. The smallest absolute Gasteiger partial charge is 0.185 e. The number of hydrogen-bond acceptors (Lipinski definition) is 5. The number of methoxy groups -OCH3 is 1. The second kappa shape index (κ2) is 7.63. The number of rotatable bonds is 8. The molecule has 1 N–H and O–H groups in total. The van der Waals surface area contributed by atoms with Crippen molar-refractivity contribution in [2.75, 3.05) is 31.7 Å². The van der Waals surface area contributed by atoms with Crippen LogP contribution >= 0.6 is 11.3 Å². The Morgan fingerprint density at radius 3 is 2.88 bits per heavy atom. The van der Waals surface area contributed by atoms with E-state index >= 15 is 0 Å². The van der Waals surface area contributed by atoms with Crippen LogP contribution in [0.5, 0.6) is 0 Å². The SMILES string of the molecule is CCN(c1ncc(CNCCOC)s1)C(C)C. The molecule has 1 aromatic rings. The van der Waals surface area contributed by atoms with Crippen molar-refractivity contribution < 1.29 is 4.74 Å². The van der Waals surface area contributed by atoms with E-state index in [9.17, 15) is 0 Å². The lowest BCUT2D eigenvalue weighted by atomic mass is 10.3. The van der Waals surface area contributed by atoms with E-state index in [4.69, 9.17) is 4.74 Å². The number of nitrogens with zero attached hydrogens (tertiary/aromatic N) is 2. The highest BCUT2D eigenvalue weighted by Crippen LogP contribution is 2.23. The number of nitrogens with one attached hydrogen (secondary N) is 1. The van der Waals surface area contributed by atoms with Crippen LogP contribution in [-0.4, -0.2) is 37.8 Å². The van der Waals surface area contributed by atoms with Crippen molar-refractivity contribution in [3.05, 3.63) is 11.1 Å². The standard InChI is InChI=1S/C12H23N3OS/c1-5-15(10(2)3)12-14-9-11(17-12)8-13-6-7-16-4/h9-10,13H,5-8H2,1-4H3. The Morgan fingerprint density at radius 2 is 2.29 bits per heavy atom. The second-order valence-electron chi connectivity index (χ2n) is 4.16. The zero-order chi connectivity index (χ0) is 12.7. The Morgan fingerprint density at radius 1 is 1.53 bits per heavy atom. The summed E-state index contributed by atoms with van der Waals surface area (Å²) in [5.74, 6) is 0. The molecule has 0 radical (unpaired) electrons. The lowest BCUT2D eigenvalue weighted by molar-refractivity contribution is 0.199. The molecule has 0 aliphatic carbocycles. The number of anilines is 1. The van der Waals surface area contributed by atoms with Crippen LogP contribution in [0.1, 0.15) is 25.6 Å². The van der Waals surface area contributed by atoms with Gasteiger partial charge in [0.2, 0.25) is 0 Å². The Hall–Kier alpha value is -0.650. The molecule has 98 valence electrons. The van der Waals surface area contributed by atoms with Gasteiger partial charge in [-0.1, -0.05) is 0 Å². The minimum Gasteiger partial charge on any atom is -0.383 e. The van der Waals surface area contributed by atoms with Gasteiger partial charge in [-0.15, -0.1) is 11.3 Å². The van der Waals surface area contributed by atoms with Crippen molar-refractivity contribution in [2.45, 2.75) is 33.4 Å². The first-order valence-electron chi connectivity index (χ1n) is 6.10. The summed E-state index contributed by atoms with van der Waals surface area (Å²) in [7, 11) is 1.72. The zero-order valence-electron chi connectivity index (χ0n) is 11.2. The lowest BCUT2D eigenvalue weighted by Crippen LogP contribution is -2.30. The van der Waals surface area contributed by atoms with Crippen LogP contribution in [0.15, 0.2) is 6.20 Å². The van der Waals surface area contributed by atoms with Gasteiger partial charge in [0.1, 0.15) is 0 Å². The fraction of sp³-hybridized carbons (Fsp3) is 0.750. The van der Waals surface area contributed by atoms with Crippen LogP contribution in [0, 0.1) is 0 Å². The number of ether oxygens (including phenoxy) is 1. The maximum absolute atomic E-state index is 4.99. The summed E-state index contributed by atoms with van der Waals surface area (Å²) in [5, 5.41) is 4.45. The Bertz CT molecular complexity index is 314. The average Bonchev–Trinajstić information content (AvgIpc) is 2.74. The molecule has 0 aliphatic rings. The normalized spacial score (nSPS) is 11.1. The topological polar surface area (TPSA) is 37.4 Å². The summed E-state index contributed by atoms with van der Waals surface area (Å²) in [6.45, 7) is 10.1. The average molecular weight is 257 g/mol. The minimum atomic E-state index is 0.500. The molecule has 0 saturated heterocycles. The molecule has 0 aliphatic heterocycles. The molecule has 0 fully saturated rings. The van der Waals surface area contributed by atoms with Crippen molar-refractivity contribution in [2.24, 2.45) is 0 Å². The monoisotopic (exact) mass is 257 g/mol. The van der Waals surface area contributed by atoms with E-state index in [1.165, 1.54) is 4.88 Å². The van der Waals surface area contributed by atoms with Crippen LogP contribution < -0.4 is 10.2 Å². The van der Waals surface area contributed by atoms with Crippen LogP contribution in [0.4, 0.5) is 5.13 Å². The van der Waals surface area contributed by atoms with Crippen molar-refractivity contribution >= 4 is 16.5 Å². The summed E-state index contributed by atoms with van der Waals surface area (Å²) < 4.78 is 4.99. The lowest BCUT2D eigenvalue weighted by Gasteiger charge is -2.23. The molecule has 0 unspecified atom stereocenters. The summed E-state index contributed by atoms with van der Waals surface area (Å²) >= 11 is 1.76. The fourth-order valence-electron chi connectivity index (χ4n) is 1.62. The van der Waals surface area contributed by atoms with Crippen molar-refractivity contribution in [3.63, 3.8) is 0 Å². The van der Waals surface area contributed by atoms with Gasteiger partial charge < -0.3 is 15.0 Å². The molecule has 17 heavy (non-hydrogen) atoms. The van der Waals surface area contributed by atoms with Gasteiger partial charge in [-0.3, -0.25) is 0 Å². The first-order valence-corrected chi connectivity index (χ1v) is 6.91. The minimum absolute atomic E-state index is 0.500. The summed E-state index contributed by atoms with van der Waals surface area (Å²) in [4.78, 5) is 8.06. The summed E-state index contributed by atoms with van der Waals surface area (Å²) in [6.07, 6.45) is 1.96. The van der Waals surface area contributed by atoms with E-state index in [1.54, 1.807) is 18.4 Å². The number of hydrogen-bond donors (Lipinski definition) is 1. The maximum Gasteiger partial charge on any atom is 0.185 e. The molecule has 0 amide bonds. The fourth-order valence-corrected chi connectivity index (χ4v) is 2.70. The molecule has 1 rings (SSSR count). The van der Waals surface area contributed by atoms with Gasteiger partial charge in [0.25, 0.3) is 0 Å². The van der Waals surface area contributed by atoms with Crippen molar-refractivity contribution in [1.82, 2.24) is 10.3 Å². The van der Waals surface area contributed by atoms with Gasteiger partial charge in [-0.05, 0) is 20.8 Å². The highest BCUT2D eigenvalue weighted by molar-refractivity contribution is 7.15. The van der Waals surface area contributed by atoms with Gasteiger partial charge in [-0.25, -0.2) is 4.98 Å². The number of thiazole rings is 1. The predicted octanol–water partition coefficient (Wildman–Crippen LogP) is 2.11. The molecule has 0 atom stereocenters. The first kappa shape index (κ1) is 14.4. The quantitative estimate of drug-likeness (QED) is 0.724. The van der Waals surface area contributed by atoms with Gasteiger partial charge in [0, 0.05) is 43.9 Å². The predicted molar refractivity (Wildman–Crippen MR) is 73.9 cm³/mol. The summed E-state index contributed by atoms with van der Waals surface area (Å²) in [5.41, 5.74) is 0. The van der Waals surface area contributed by atoms with Crippen LogP contribution in [-0.2, 0) is 11.3 Å². The zero-order valence-corrected chi connectivity index (χ0v) is 12.0. The third-order valence-electron chi connectivity index (χ3n) is 2.53. The van der Waals surface area contributed by atoms with E-state index in [2.05, 4.69) is 36.0 Å². The highest BCUT2D eigenvalue weighted by Gasteiger charge is 2.12. The maximum atomic E-state index is 4.99. The number of aromatic nitrogens is 1. The molecule has 1 heterocycles. The third-order valence-corrected chi connectivity index (χ3v) is 3.57. The Balaban J connectivity index is 2.46. The molecule has 0 bridgehead atoms. The third kappa shape index (κ3) is 4.61. The van der Waals surface area contributed by atoms with Crippen molar-refractivity contribution in [3.8, 4) is 0 Å². The largest absolute Gasteiger partial charge is 0.383 e. The molecule has 0 saturated carbocycles. The summed E-state index contributed by atoms with van der Waals surface area (Å²) in [6, 6.07) is 0.500. The van der Waals surface area contributed by atoms with Crippen molar-refractivity contribution in [1.29, 1.82) is 0 Å². The molecular weight excluding hydrogens is 234 g/mol.